The summed E-state index contributed by atoms with van der Waals surface area (Å²) in [5, 5.41) is 7.70. The Hall–Kier alpha value is -0.940. The fourth-order valence-corrected chi connectivity index (χ4v) is 3.83. The van der Waals surface area contributed by atoms with Gasteiger partial charge in [0.25, 0.3) is 0 Å². The standard InChI is InChI=1S/C16H27N3O2/c1-12-5-4-6-16(11-12,20-3)13-18-14(21-19-13)15(2)7-9-17-10-8-15/h12,17H,4-11H2,1-3H3. The third kappa shape index (κ3) is 2.73. The lowest BCUT2D eigenvalue weighted by Gasteiger charge is -2.36. The van der Waals surface area contributed by atoms with Crippen LogP contribution >= 0.6 is 0 Å². The van der Waals surface area contributed by atoms with Crippen molar-refractivity contribution >= 4 is 0 Å². The van der Waals surface area contributed by atoms with Gasteiger partial charge in [0, 0.05) is 12.5 Å². The van der Waals surface area contributed by atoms with E-state index >= 15 is 0 Å². The van der Waals surface area contributed by atoms with E-state index in [1.807, 2.05) is 0 Å². The molecule has 0 aromatic carbocycles. The minimum atomic E-state index is -0.345. The van der Waals surface area contributed by atoms with E-state index in [-0.39, 0.29) is 11.0 Å². The van der Waals surface area contributed by atoms with Crippen molar-refractivity contribution in [2.45, 2.75) is 63.4 Å². The van der Waals surface area contributed by atoms with Gasteiger partial charge < -0.3 is 14.6 Å². The van der Waals surface area contributed by atoms with E-state index in [0.717, 1.165) is 50.5 Å². The van der Waals surface area contributed by atoms with Gasteiger partial charge >= 0.3 is 0 Å². The number of hydrogen-bond acceptors (Lipinski definition) is 5. The lowest BCUT2D eigenvalue weighted by atomic mass is 9.78. The van der Waals surface area contributed by atoms with Crippen molar-refractivity contribution in [3.05, 3.63) is 11.7 Å². The summed E-state index contributed by atoms with van der Waals surface area (Å²) in [7, 11) is 1.78. The molecule has 2 aliphatic rings. The van der Waals surface area contributed by atoms with Crippen LogP contribution in [-0.2, 0) is 15.8 Å². The van der Waals surface area contributed by atoms with Crippen LogP contribution < -0.4 is 5.32 Å². The van der Waals surface area contributed by atoms with E-state index in [0.29, 0.717) is 5.92 Å². The predicted molar refractivity (Wildman–Crippen MR) is 80.1 cm³/mol. The Labute approximate surface area is 126 Å². The van der Waals surface area contributed by atoms with Gasteiger partial charge in [0.05, 0.1) is 0 Å². The SMILES string of the molecule is COC1(c2noc(C3(C)CCNCC3)n2)CCCC(C)C1. The smallest absolute Gasteiger partial charge is 0.232 e. The molecule has 1 aromatic heterocycles. The average molecular weight is 293 g/mol. The van der Waals surface area contributed by atoms with E-state index in [1.54, 1.807) is 7.11 Å². The van der Waals surface area contributed by atoms with Crippen LogP contribution in [0.15, 0.2) is 4.52 Å². The molecule has 118 valence electrons. The molecule has 1 N–H and O–H groups in total. The minimum absolute atomic E-state index is 0.00567. The topological polar surface area (TPSA) is 60.2 Å². The van der Waals surface area contributed by atoms with E-state index in [1.165, 1.54) is 12.8 Å². The first-order chi connectivity index (χ1) is 10.1. The molecule has 21 heavy (non-hydrogen) atoms. The first kappa shape index (κ1) is 15.0. The summed E-state index contributed by atoms with van der Waals surface area (Å²) in [6, 6.07) is 0. The van der Waals surface area contributed by atoms with Crippen LogP contribution in [0.5, 0.6) is 0 Å². The van der Waals surface area contributed by atoms with Crippen LogP contribution in [0.1, 0.15) is 64.1 Å². The Morgan fingerprint density at radius 1 is 1.29 bits per heavy atom. The predicted octanol–water partition coefficient (Wildman–Crippen LogP) is 2.76. The van der Waals surface area contributed by atoms with Crippen molar-refractivity contribution in [3.63, 3.8) is 0 Å². The molecule has 2 fully saturated rings. The summed E-state index contributed by atoms with van der Waals surface area (Å²) in [6.07, 6.45) is 6.50. The molecule has 5 heteroatoms. The first-order valence-corrected chi connectivity index (χ1v) is 8.19. The summed E-state index contributed by atoms with van der Waals surface area (Å²) in [5.41, 5.74) is -0.339. The monoisotopic (exact) mass is 293 g/mol. The van der Waals surface area contributed by atoms with Gasteiger partial charge in [0.1, 0.15) is 5.60 Å². The molecule has 3 rings (SSSR count). The van der Waals surface area contributed by atoms with Gasteiger partial charge in [-0.3, -0.25) is 0 Å². The zero-order valence-electron chi connectivity index (χ0n) is 13.4. The number of piperidine rings is 1. The molecular weight excluding hydrogens is 266 g/mol. The quantitative estimate of drug-likeness (QED) is 0.928. The lowest BCUT2D eigenvalue weighted by molar-refractivity contribution is -0.0658. The fourth-order valence-electron chi connectivity index (χ4n) is 3.83. The number of rotatable bonds is 3. The number of ether oxygens (including phenoxy) is 1. The second kappa shape index (κ2) is 5.69. The molecule has 0 radical (unpaired) electrons. The van der Waals surface area contributed by atoms with Crippen molar-refractivity contribution in [2.75, 3.05) is 20.2 Å². The van der Waals surface area contributed by atoms with E-state index in [4.69, 9.17) is 14.2 Å². The molecule has 5 nitrogen and oxygen atoms in total. The Balaban J connectivity index is 1.86. The second-order valence-corrected chi connectivity index (χ2v) is 7.13. The fraction of sp³-hybridized carbons (Fsp3) is 0.875. The van der Waals surface area contributed by atoms with Crippen LogP contribution in [-0.4, -0.2) is 30.3 Å². The molecule has 1 saturated carbocycles. The number of nitrogens with zero attached hydrogens (tertiary/aromatic N) is 2. The summed E-state index contributed by atoms with van der Waals surface area (Å²) < 4.78 is 11.5. The molecule has 0 amide bonds. The lowest BCUT2D eigenvalue weighted by Crippen LogP contribution is -2.38. The van der Waals surface area contributed by atoms with Crippen molar-refractivity contribution in [1.82, 2.24) is 15.5 Å². The summed E-state index contributed by atoms with van der Waals surface area (Å²) >= 11 is 0. The van der Waals surface area contributed by atoms with Crippen LogP contribution in [0.25, 0.3) is 0 Å². The summed E-state index contributed by atoms with van der Waals surface area (Å²) in [5.74, 6) is 2.19. The zero-order valence-corrected chi connectivity index (χ0v) is 13.4. The summed E-state index contributed by atoms with van der Waals surface area (Å²) in [6.45, 7) is 6.54. The van der Waals surface area contributed by atoms with Gasteiger partial charge in [-0.25, -0.2) is 0 Å². The van der Waals surface area contributed by atoms with Gasteiger partial charge in [0.15, 0.2) is 0 Å². The van der Waals surface area contributed by atoms with Crippen LogP contribution in [0, 0.1) is 5.92 Å². The van der Waals surface area contributed by atoms with Gasteiger partial charge in [-0.2, -0.15) is 4.98 Å². The second-order valence-electron chi connectivity index (χ2n) is 7.13. The van der Waals surface area contributed by atoms with E-state index < -0.39 is 0 Å². The molecule has 2 atom stereocenters. The molecular formula is C16H27N3O2. The highest BCUT2D eigenvalue weighted by atomic mass is 16.5. The molecule has 2 unspecified atom stereocenters. The Morgan fingerprint density at radius 3 is 2.71 bits per heavy atom. The average Bonchev–Trinajstić information content (AvgIpc) is 2.99. The Kier molecular flexibility index (Phi) is 4.06. The van der Waals surface area contributed by atoms with Crippen LogP contribution in [0.3, 0.4) is 0 Å². The number of aromatic nitrogens is 2. The first-order valence-electron chi connectivity index (χ1n) is 8.19. The zero-order chi connectivity index (χ0) is 14.9. The van der Waals surface area contributed by atoms with Crippen LogP contribution in [0.4, 0.5) is 0 Å². The number of nitrogens with one attached hydrogen (secondary N) is 1. The highest BCUT2D eigenvalue weighted by Crippen LogP contribution is 2.42. The van der Waals surface area contributed by atoms with E-state index in [2.05, 4.69) is 24.3 Å². The Morgan fingerprint density at radius 2 is 2.05 bits per heavy atom. The van der Waals surface area contributed by atoms with Crippen molar-refractivity contribution < 1.29 is 9.26 Å². The van der Waals surface area contributed by atoms with Gasteiger partial charge in [-0.1, -0.05) is 25.4 Å². The molecule has 1 aromatic rings. The maximum atomic E-state index is 5.87. The third-order valence-corrected chi connectivity index (χ3v) is 5.40. The Bertz CT molecular complexity index is 482. The molecule has 2 heterocycles. The van der Waals surface area contributed by atoms with Crippen LogP contribution in [0.2, 0.25) is 0 Å². The van der Waals surface area contributed by atoms with Gasteiger partial charge in [-0.15, -0.1) is 0 Å². The molecule has 1 aliphatic carbocycles. The normalized spacial score (nSPS) is 33.0. The highest BCUT2D eigenvalue weighted by Gasteiger charge is 2.43. The van der Waals surface area contributed by atoms with E-state index in [9.17, 15) is 0 Å². The minimum Gasteiger partial charge on any atom is -0.370 e. The van der Waals surface area contributed by atoms with Crippen molar-refractivity contribution in [2.24, 2.45) is 5.92 Å². The maximum Gasteiger partial charge on any atom is 0.232 e. The largest absolute Gasteiger partial charge is 0.370 e. The molecule has 0 spiro atoms. The molecule has 1 saturated heterocycles. The summed E-state index contributed by atoms with van der Waals surface area (Å²) in [4.78, 5) is 4.78. The van der Waals surface area contributed by atoms with Gasteiger partial charge in [0.2, 0.25) is 11.7 Å². The van der Waals surface area contributed by atoms with Gasteiger partial charge in [-0.05, 0) is 51.1 Å². The molecule has 0 bridgehead atoms. The number of hydrogen-bond donors (Lipinski definition) is 1. The highest BCUT2D eigenvalue weighted by molar-refractivity contribution is 5.10. The van der Waals surface area contributed by atoms with Crippen molar-refractivity contribution in [1.29, 1.82) is 0 Å². The maximum absolute atomic E-state index is 5.87. The third-order valence-electron chi connectivity index (χ3n) is 5.40. The van der Waals surface area contributed by atoms with Crippen molar-refractivity contribution in [3.8, 4) is 0 Å². The molecule has 1 aliphatic heterocycles. The number of methoxy groups -OCH3 is 1.